The minimum atomic E-state index is -0.113. The average molecular weight is 343 g/mol. The van der Waals surface area contributed by atoms with Gasteiger partial charge in [-0.15, -0.1) is 11.3 Å². The van der Waals surface area contributed by atoms with Gasteiger partial charge in [-0.3, -0.25) is 14.7 Å². The monoisotopic (exact) mass is 343 g/mol. The molecule has 0 bridgehead atoms. The van der Waals surface area contributed by atoms with Crippen molar-refractivity contribution in [3.8, 4) is 0 Å². The van der Waals surface area contributed by atoms with Gasteiger partial charge >= 0.3 is 0 Å². The fourth-order valence-electron chi connectivity index (χ4n) is 3.94. The third kappa shape index (κ3) is 3.06. The summed E-state index contributed by atoms with van der Waals surface area (Å²) in [7, 11) is 0. The van der Waals surface area contributed by atoms with Crippen molar-refractivity contribution < 1.29 is 4.79 Å². The van der Waals surface area contributed by atoms with Gasteiger partial charge in [0, 0.05) is 36.4 Å². The first-order valence-electron chi connectivity index (χ1n) is 8.32. The van der Waals surface area contributed by atoms with E-state index in [-0.39, 0.29) is 11.9 Å². The lowest BCUT2D eigenvalue weighted by Gasteiger charge is -2.45. The van der Waals surface area contributed by atoms with E-state index in [1.165, 1.54) is 17.5 Å². The molecule has 1 saturated heterocycles. The zero-order valence-electron chi connectivity index (χ0n) is 13.7. The highest BCUT2D eigenvalue weighted by Gasteiger charge is 2.48. The molecule has 2 aromatic heterocycles. The maximum Gasteiger partial charge on any atom is 0.271 e. The minimum Gasteiger partial charge on any atom is -0.348 e. The molecule has 3 heterocycles. The number of rotatable bonds is 4. The summed E-state index contributed by atoms with van der Waals surface area (Å²) in [6.45, 7) is 5.36. The molecule has 126 valence electrons. The summed E-state index contributed by atoms with van der Waals surface area (Å²) < 4.78 is 0. The van der Waals surface area contributed by atoms with Crippen LogP contribution in [-0.2, 0) is 6.54 Å². The molecule has 2 aliphatic rings. The molecule has 1 saturated carbocycles. The Morgan fingerprint density at radius 3 is 3.00 bits per heavy atom. The molecule has 0 unspecified atom stereocenters. The number of hydrogen-bond donors (Lipinski definition) is 1. The number of likely N-dealkylation sites (tertiary alicyclic amines) is 1. The quantitative estimate of drug-likeness (QED) is 0.920. The van der Waals surface area contributed by atoms with Crippen LogP contribution in [0.2, 0.25) is 0 Å². The molecule has 2 aromatic rings. The molecular weight excluding hydrogens is 322 g/mol. The predicted octanol–water partition coefficient (Wildman–Crippen LogP) is 2.03. The van der Waals surface area contributed by atoms with Crippen molar-refractivity contribution >= 4 is 17.2 Å². The Morgan fingerprint density at radius 2 is 2.29 bits per heavy atom. The van der Waals surface area contributed by atoms with Crippen LogP contribution in [-0.4, -0.2) is 44.9 Å². The van der Waals surface area contributed by atoms with Crippen LogP contribution in [0.25, 0.3) is 0 Å². The second-order valence-electron chi connectivity index (χ2n) is 6.99. The first-order chi connectivity index (χ1) is 11.6. The van der Waals surface area contributed by atoms with Gasteiger partial charge in [-0.2, -0.15) is 0 Å². The van der Waals surface area contributed by atoms with Gasteiger partial charge in [-0.1, -0.05) is 0 Å². The van der Waals surface area contributed by atoms with Crippen molar-refractivity contribution in [3.05, 3.63) is 40.4 Å². The normalized spacial score (nSPS) is 26.5. The topological polar surface area (TPSA) is 71.0 Å². The number of carbonyl (C=O) groups is 1. The minimum absolute atomic E-state index is 0.113. The molecule has 4 rings (SSSR count). The third-order valence-electron chi connectivity index (χ3n) is 5.22. The summed E-state index contributed by atoms with van der Waals surface area (Å²) in [6.07, 6.45) is 8.00. The molecule has 1 N–H and O–H groups in total. The second kappa shape index (κ2) is 6.22. The summed E-state index contributed by atoms with van der Waals surface area (Å²) in [5.41, 5.74) is 3.87. The van der Waals surface area contributed by atoms with Crippen molar-refractivity contribution in [2.75, 3.05) is 13.1 Å². The summed E-state index contributed by atoms with van der Waals surface area (Å²) in [5, 5.41) is 3.09. The van der Waals surface area contributed by atoms with Gasteiger partial charge in [0.05, 0.1) is 17.4 Å². The molecule has 6 nitrogen and oxygen atoms in total. The average Bonchev–Trinajstić information content (AvgIpc) is 3.15. The Bertz CT molecular complexity index is 726. The number of aromatic nitrogens is 3. The number of amides is 1. The summed E-state index contributed by atoms with van der Waals surface area (Å²) in [5.74, 6) is -0.113. The number of hydrogen-bond acceptors (Lipinski definition) is 6. The van der Waals surface area contributed by atoms with Crippen molar-refractivity contribution in [1.82, 2.24) is 25.2 Å². The summed E-state index contributed by atoms with van der Waals surface area (Å²) >= 11 is 1.75. The Kier molecular flexibility index (Phi) is 4.05. The van der Waals surface area contributed by atoms with Crippen LogP contribution in [0.4, 0.5) is 0 Å². The molecule has 2 fully saturated rings. The van der Waals surface area contributed by atoms with Crippen LogP contribution in [0.5, 0.6) is 0 Å². The maximum absolute atomic E-state index is 12.1. The largest absolute Gasteiger partial charge is 0.348 e. The van der Waals surface area contributed by atoms with E-state index in [0.29, 0.717) is 11.1 Å². The van der Waals surface area contributed by atoms with E-state index in [1.54, 1.807) is 23.7 Å². The second-order valence-corrected chi connectivity index (χ2v) is 7.93. The highest BCUT2D eigenvalue weighted by Crippen LogP contribution is 2.48. The maximum atomic E-state index is 12.1. The van der Waals surface area contributed by atoms with Crippen LogP contribution in [0.15, 0.2) is 24.1 Å². The first-order valence-corrected chi connectivity index (χ1v) is 9.20. The zero-order valence-corrected chi connectivity index (χ0v) is 14.6. The highest BCUT2D eigenvalue weighted by atomic mass is 32.1. The molecule has 1 spiro atoms. The molecule has 0 atom stereocenters. The van der Waals surface area contributed by atoms with Crippen LogP contribution >= 0.6 is 11.3 Å². The number of nitrogens with zero attached hydrogens (tertiary/aromatic N) is 4. The van der Waals surface area contributed by atoms with Gasteiger partial charge in [-0.05, 0) is 38.1 Å². The molecule has 1 aliphatic heterocycles. The first kappa shape index (κ1) is 15.7. The van der Waals surface area contributed by atoms with Gasteiger partial charge in [-0.25, -0.2) is 9.97 Å². The number of carbonyl (C=O) groups excluding carboxylic acids is 1. The molecule has 0 radical (unpaired) electrons. The highest BCUT2D eigenvalue weighted by molar-refractivity contribution is 7.09. The molecule has 7 heteroatoms. The molecular formula is C17H21N5OS. The van der Waals surface area contributed by atoms with Crippen LogP contribution in [0.3, 0.4) is 0 Å². The molecule has 24 heavy (non-hydrogen) atoms. The fourth-order valence-corrected chi connectivity index (χ4v) is 4.76. The van der Waals surface area contributed by atoms with E-state index in [0.717, 1.165) is 38.2 Å². The Labute approximate surface area is 145 Å². The third-order valence-corrected chi connectivity index (χ3v) is 6.14. The zero-order chi connectivity index (χ0) is 16.6. The number of thiazole rings is 1. The van der Waals surface area contributed by atoms with Crippen LogP contribution in [0, 0.1) is 12.3 Å². The lowest BCUT2D eigenvalue weighted by molar-refractivity contribution is 0.0690. The van der Waals surface area contributed by atoms with Gasteiger partial charge in [0.2, 0.25) is 0 Å². The standard InChI is InChI=1S/C17H21N5OS/c1-12-15(24-11-20-12)9-22-5-2-17(10-22)6-13(7-17)21-16(23)14-8-18-3-4-19-14/h3-4,8,11,13H,2,5-7,9-10H2,1H3,(H,21,23). The predicted molar refractivity (Wildman–Crippen MR) is 91.7 cm³/mol. The van der Waals surface area contributed by atoms with Crippen molar-refractivity contribution in [2.24, 2.45) is 5.41 Å². The molecule has 1 amide bonds. The Hall–Kier alpha value is -1.86. The van der Waals surface area contributed by atoms with Gasteiger partial charge in [0.1, 0.15) is 5.69 Å². The smallest absolute Gasteiger partial charge is 0.271 e. The lowest BCUT2D eigenvalue weighted by atomic mass is 9.65. The summed E-state index contributed by atoms with van der Waals surface area (Å²) in [4.78, 5) is 28.4. The van der Waals surface area contributed by atoms with E-state index in [9.17, 15) is 4.79 Å². The van der Waals surface area contributed by atoms with Crippen molar-refractivity contribution in [2.45, 2.75) is 38.8 Å². The van der Waals surface area contributed by atoms with Crippen LogP contribution in [0.1, 0.15) is 40.3 Å². The van der Waals surface area contributed by atoms with E-state index < -0.39 is 0 Å². The summed E-state index contributed by atoms with van der Waals surface area (Å²) in [6, 6.07) is 0.268. The van der Waals surface area contributed by atoms with Gasteiger partial charge in [0.15, 0.2) is 0 Å². The van der Waals surface area contributed by atoms with E-state index in [2.05, 4.69) is 32.1 Å². The molecule has 0 aromatic carbocycles. The number of aryl methyl sites for hydroxylation is 1. The SMILES string of the molecule is Cc1ncsc1CN1CCC2(CC(NC(=O)c3cnccn3)C2)C1. The van der Waals surface area contributed by atoms with Crippen molar-refractivity contribution in [3.63, 3.8) is 0 Å². The van der Waals surface area contributed by atoms with Gasteiger partial charge < -0.3 is 5.32 Å². The van der Waals surface area contributed by atoms with E-state index >= 15 is 0 Å². The van der Waals surface area contributed by atoms with Gasteiger partial charge in [0.25, 0.3) is 5.91 Å². The fraction of sp³-hybridized carbons (Fsp3) is 0.529. The molecule has 1 aliphatic carbocycles. The Balaban J connectivity index is 1.28. The van der Waals surface area contributed by atoms with Crippen LogP contribution < -0.4 is 5.32 Å². The van der Waals surface area contributed by atoms with E-state index in [1.807, 2.05) is 5.51 Å². The number of nitrogens with one attached hydrogen (secondary N) is 1. The Morgan fingerprint density at radius 1 is 1.42 bits per heavy atom. The van der Waals surface area contributed by atoms with E-state index in [4.69, 9.17) is 0 Å². The van der Waals surface area contributed by atoms with Crippen molar-refractivity contribution in [1.29, 1.82) is 0 Å². The lowest BCUT2D eigenvalue weighted by Crippen LogP contribution is -2.52.